The van der Waals surface area contributed by atoms with Crippen LogP contribution in [-0.4, -0.2) is 26.2 Å². The second kappa shape index (κ2) is 6.20. The van der Waals surface area contributed by atoms with Crippen molar-refractivity contribution in [3.05, 3.63) is 30.3 Å². The van der Waals surface area contributed by atoms with Gasteiger partial charge in [-0.2, -0.15) is 0 Å². The van der Waals surface area contributed by atoms with Gasteiger partial charge in [0, 0.05) is 0 Å². The van der Waals surface area contributed by atoms with Crippen LogP contribution in [0.1, 0.15) is 19.8 Å². The number of rotatable bonds is 5. The molecule has 0 aromatic heterocycles. The quantitative estimate of drug-likeness (QED) is 0.779. The number of aliphatic hydroxyl groups excluding tert-OH is 1. The molecular weight excluding hydrogens is 227 g/mol. The van der Waals surface area contributed by atoms with Gasteiger partial charge in [0.2, 0.25) is 0 Å². The molecule has 0 aliphatic rings. The van der Waals surface area contributed by atoms with Crippen LogP contribution in [0.25, 0.3) is 0 Å². The minimum absolute atomic E-state index is 0.0924. The fourth-order valence-electron chi connectivity index (χ4n) is 1.13. The van der Waals surface area contributed by atoms with Crippen molar-refractivity contribution >= 4 is 19.4 Å². The Morgan fingerprint density at radius 1 is 1.31 bits per heavy atom. The van der Waals surface area contributed by atoms with Crippen LogP contribution in [0.2, 0.25) is 5.32 Å². The van der Waals surface area contributed by atoms with Crippen molar-refractivity contribution in [2.75, 3.05) is 0 Å². The average Bonchev–Trinajstić information content (AvgIpc) is 2.17. The Bertz CT molecular complexity index is 223. The Labute approximate surface area is 86.3 Å². The first-order valence-electron chi connectivity index (χ1n) is 4.69. The Morgan fingerprint density at radius 3 is 2.62 bits per heavy atom. The second-order valence-electron chi connectivity index (χ2n) is 3.07. The molecule has 0 amide bonds. The van der Waals surface area contributed by atoms with Crippen LogP contribution in [0.15, 0.2) is 30.3 Å². The second-order valence-corrected chi connectivity index (χ2v) is 5.36. The Hall–Kier alpha value is -0.301. The zero-order valence-corrected chi connectivity index (χ0v) is 9.65. The molecule has 1 nitrogen and oxygen atoms in total. The van der Waals surface area contributed by atoms with Gasteiger partial charge >= 0.3 is 86.0 Å². The van der Waals surface area contributed by atoms with Crippen molar-refractivity contribution in [2.45, 2.75) is 31.2 Å². The van der Waals surface area contributed by atoms with Crippen molar-refractivity contribution in [1.29, 1.82) is 0 Å². The molecule has 1 unspecified atom stereocenters. The maximum atomic E-state index is 9.53. The predicted molar refractivity (Wildman–Crippen MR) is 57.6 cm³/mol. The fraction of sp³-hybridized carbons (Fsp3) is 0.455. The monoisotopic (exact) mass is 244 g/mol. The third-order valence-corrected chi connectivity index (χ3v) is 4.23. The molecule has 72 valence electrons. The van der Waals surface area contributed by atoms with Crippen LogP contribution < -0.4 is 4.46 Å². The summed E-state index contributed by atoms with van der Waals surface area (Å²) < 4.78 is 1.38. The molecule has 0 fully saturated rings. The van der Waals surface area contributed by atoms with Crippen LogP contribution in [0.5, 0.6) is 0 Å². The summed E-state index contributed by atoms with van der Waals surface area (Å²) in [6.07, 6.45) is 1.92. The van der Waals surface area contributed by atoms with Crippen molar-refractivity contribution in [1.82, 2.24) is 0 Å². The summed E-state index contributed by atoms with van der Waals surface area (Å²) in [5.41, 5.74) is 0. The van der Waals surface area contributed by atoms with Gasteiger partial charge in [0.15, 0.2) is 0 Å². The zero-order valence-electron chi connectivity index (χ0n) is 7.94. The van der Waals surface area contributed by atoms with E-state index in [0.717, 1.165) is 18.2 Å². The number of aliphatic hydroxyl groups is 1. The van der Waals surface area contributed by atoms with E-state index in [1.165, 1.54) is 4.46 Å². The van der Waals surface area contributed by atoms with Crippen LogP contribution in [0.3, 0.4) is 0 Å². The Balaban J connectivity index is 2.27. The topological polar surface area (TPSA) is 20.2 Å². The molecule has 1 rings (SSSR count). The van der Waals surface area contributed by atoms with Gasteiger partial charge in [-0.25, -0.2) is 0 Å². The molecule has 13 heavy (non-hydrogen) atoms. The first-order valence-corrected chi connectivity index (χ1v) is 6.75. The number of hydrogen-bond donors (Lipinski definition) is 1. The molecule has 1 aromatic rings. The average molecular weight is 243 g/mol. The third kappa shape index (κ3) is 4.47. The van der Waals surface area contributed by atoms with Gasteiger partial charge in [-0.1, -0.05) is 0 Å². The van der Waals surface area contributed by atoms with Gasteiger partial charge in [-0.15, -0.1) is 0 Å². The summed E-state index contributed by atoms with van der Waals surface area (Å²) in [7, 11) is 0. The summed E-state index contributed by atoms with van der Waals surface area (Å²) in [4.78, 5) is 0. The normalized spacial score (nSPS) is 12.8. The summed E-state index contributed by atoms with van der Waals surface area (Å²) in [5.74, 6) is 0. The summed E-state index contributed by atoms with van der Waals surface area (Å²) in [6, 6.07) is 10.4. The Kier molecular flexibility index (Phi) is 5.14. The molecule has 0 heterocycles. The minimum atomic E-state index is -0.0924. The van der Waals surface area contributed by atoms with E-state index < -0.39 is 0 Å². The van der Waals surface area contributed by atoms with Gasteiger partial charge in [-0.05, 0) is 0 Å². The molecule has 1 N–H and O–H groups in total. The molecule has 0 radical (unpaired) electrons. The Morgan fingerprint density at radius 2 is 2.00 bits per heavy atom. The first kappa shape index (κ1) is 10.8. The van der Waals surface area contributed by atoms with Crippen LogP contribution in [-0.2, 0) is 0 Å². The van der Waals surface area contributed by atoms with E-state index in [-0.39, 0.29) is 6.10 Å². The van der Waals surface area contributed by atoms with E-state index in [1.54, 1.807) is 0 Å². The van der Waals surface area contributed by atoms with E-state index in [2.05, 4.69) is 31.2 Å². The van der Waals surface area contributed by atoms with E-state index >= 15 is 0 Å². The van der Waals surface area contributed by atoms with Crippen molar-refractivity contribution in [3.63, 3.8) is 0 Å². The van der Waals surface area contributed by atoms with Crippen LogP contribution in [0.4, 0.5) is 0 Å². The van der Waals surface area contributed by atoms with E-state index in [4.69, 9.17) is 0 Å². The van der Waals surface area contributed by atoms with Crippen molar-refractivity contribution in [2.24, 2.45) is 0 Å². The molecular formula is C11H16OSe. The standard InChI is InChI=1S/C11H16OSe/c1-2-6-10(12)9-13-11-7-4-3-5-8-11/h3-5,7-8,10,12H,2,6,9H2,1H3. The predicted octanol–water partition coefficient (Wildman–Crippen LogP) is 1.60. The fourth-order valence-corrected chi connectivity index (χ4v) is 3.02. The number of hydrogen-bond acceptors (Lipinski definition) is 1. The molecule has 0 saturated heterocycles. The van der Waals surface area contributed by atoms with E-state index in [9.17, 15) is 5.11 Å². The molecule has 0 aliphatic carbocycles. The van der Waals surface area contributed by atoms with Gasteiger partial charge in [0.1, 0.15) is 0 Å². The molecule has 0 aliphatic heterocycles. The third-order valence-electron chi connectivity index (χ3n) is 1.81. The van der Waals surface area contributed by atoms with Crippen molar-refractivity contribution in [3.8, 4) is 0 Å². The van der Waals surface area contributed by atoms with Crippen molar-refractivity contribution < 1.29 is 5.11 Å². The SMILES string of the molecule is CCCC(O)C[Se]c1ccccc1. The zero-order chi connectivity index (χ0) is 9.52. The summed E-state index contributed by atoms with van der Waals surface area (Å²) >= 11 is 0.440. The van der Waals surface area contributed by atoms with Gasteiger partial charge in [0.05, 0.1) is 0 Å². The van der Waals surface area contributed by atoms with Gasteiger partial charge in [-0.3, -0.25) is 0 Å². The molecule has 0 bridgehead atoms. The summed E-state index contributed by atoms with van der Waals surface area (Å²) in [5, 5.41) is 10.5. The molecule has 2 heteroatoms. The molecule has 1 atom stereocenters. The van der Waals surface area contributed by atoms with E-state index in [0.29, 0.717) is 15.0 Å². The first-order chi connectivity index (χ1) is 6.33. The molecule has 0 spiro atoms. The van der Waals surface area contributed by atoms with Gasteiger partial charge < -0.3 is 0 Å². The maximum absolute atomic E-state index is 9.53. The number of benzene rings is 1. The van der Waals surface area contributed by atoms with Gasteiger partial charge in [0.25, 0.3) is 0 Å². The summed E-state index contributed by atoms with van der Waals surface area (Å²) in [6.45, 7) is 2.11. The van der Waals surface area contributed by atoms with E-state index in [1.807, 2.05) is 6.07 Å². The molecule has 0 saturated carbocycles. The van der Waals surface area contributed by atoms with Crippen LogP contribution >= 0.6 is 0 Å². The van der Waals surface area contributed by atoms with Crippen LogP contribution in [0, 0.1) is 0 Å². The molecule has 1 aromatic carbocycles.